The van der Waals surface area contributed by atoms with Gasteiger partial charge in [-0.1, -0.05) is 11.3 Å². The number of aromatic carboxylic acids is 1. The fraction of sp³-hybridized carbons (Fsp3) is 0.417. The molecule has 0 saturated heterocycles. The van der Waals surface area contributed by atoms with E-state index in [1.54, 1.807) is 16.8 Å². The summed E-state index contributed by atoms with van der Waals surface area (Å²) in [6.45, 7) is 2.82. The monoisotopic (exact) mass is 313 g/mol. The average Bonchev–Trinajstić information content (AvgIpc) is 2.97. The largest absolute Gasteiger partial charge is 0.477 e. The lowest BCUT2D eigenvalue weighted by atomic mass is 10.4. The van der Waals surface area contributed by atoms with E-state index < -0.39 is 5.97 Å². The number of methoxy groups -OCH3 is 1. The number of aromatic nitrogens is 2. The molecule has 20 heavy (non-hydrogen) atoms. The topological polar surface area (TPSA) is 75.5 Å². The van der Waals surface area contributed by atoms with Crippen LogP contribution in [-0.2, 0) is 17.9 Å². The SMILES string of the molecule is COCc1nc(N(C)Cc2scnc2C)sc1C(=O)O. The van der Waals surface area contributed by atoms with Crippen LogP contribution in [0.5, 0.6) is 0 Å². The van der Waals surface area contributed by atoms with Crippen LogP contribution in [-0.4, -0.2) is 35.2 Å². The van der Waals surface area contributed by atoms with Crippen LogP contribution < -0.4 is 4.90 Å². The van der Waals surface area contributed by atoms with Crippen LogP contribution >= 0.6 is 22.7 Å². The quantitative estimate of drug-likeness (QED) is 0.882. The average molecular weight is 313 g/mol. The second kappa shape index (κ2) is 6.29. The molecule has 0 spiro atoms. The summed E-state index contributed by atoms with van der Waals surface area (Å²) in [4.78, 5) is 23.1. The Bertz CT molecular complexity index is 609. The third kappa shape index (κ3) is 3.14. The molecule has 6 nitrogen and oxygen atoms in total. The van der Waals surface area contributed by atoms with Gasteiger partial charge in [-0.05, 0) is 6.92 Å². The van der Waals surface area contributed by atoms with E-state index in [2.05, 4.69) is 9.97 Å². The lowest BCUT2D eigenvalue weighted by Gasteiger charge is -2.14. The first-order valence-corrected chi connectivity index (χ1v) is 7.54. The minimum atomic E-state index is -0.969. The molecule has 2 rings (SSSR count). The van der Waals surface area contributed by atoms with Crippen molar-refractivity contribution in [1.82, 2.24) is 9.97 Å². The van der Waals surface area contributed by atoms with Gasteiger partial charge in [0, 0.05) is 19.0 Å². The predicted octanol–water partition coefficient (Wildman–Crippen LogP) is 2.39. The molecule has 0 fully saturated rings. The number of thiazole rings is 2. The van der Waals surface area contributed by atoms with Crippen LogP contribution in [0.3, 0.4) is 0 Å². The molecule has 0 atom stereocenters. The van der Waals surface area contributed by atoms with Gasteiger partial charge in [0.15, 0.2) is 5.13 Å². The van der Waals surface area contributed by atoms with Gasteiger partial charge in [0.2, 0.25) is 0 Å². The van der Waals surface area contributed by atoms with Crippen molar-refractivity contribution in [2.24, 2.45) is 0 Å². The van der Waals surface area contributed by atoms with Gasteiger partial charge in [-0.3, -0.25) is 0 Å². The second-order valence-electron chi connectivity index (χ2n) is 4.23. The Morgan fingerprint density at radius 3 is 2.85 bits per heavy atom. The zero-order valence-corrected chi connectivity index (χ0v) is 13.0. The van der Waals surface area contributed by atoms with Crippen molar-refractivity contribution in [2.75, 3.05) is 19.1 Å². The van der Waals surface area contributed by atoms with Crippen molar-refractivity contribution in [3.05, 3.63) is 26.7 Å². The summed E-state index contributed by atoms with van der Waals surface area (Å²) in [6.07, 6.45) is 0. The molecule has 0 aliphatic rings. The molecule has 0 unspecified atom stereocenters. The minimum absolute atomic E-state index is 0.200. The molecule has 0 amide bonds. The fourth-order valence-electron chi connectivity index (χ4n) is 1.67. The molecule has 2 aromatic heterocycles. The number of ether oxygens (including phenoxy) is 1. The Morgan fingerprint density at radius 1 is 1.55 bits per heavy atom. The Labute approximate surface area is 124 Å². The van der Waals surface area contributed by atoms with E-state index in [4.69, 9.17) is 4.74 Å². The maximum absolute atomic E-state index is 11.2. The molecular weight excluding hydrogens is 298 g/mol. The number of hydrogen-bond acceptors (Lipinski definition) is 7. The molecule has 108 valence electrons. The molecule has 0 aliphatic heterocycles. The van der Waals surface area contributed by atoms with Gasteiger partial charge in [-0.25, -0.2) is 14.8 Å². The van der Waals surface area contributed by atoms with Gasteiger partial charge in [-0.15, -0.1) is 11.3 Å². The van der Waals surface area contributed by atoms with Gasteiger partial charge >= 0.3 is 5.97 Å². The molecule has 0 radical (unpaired) electrons. The Morgan fingerprint density at radius 2 is 2.30 bits per heavy atom. The molecule has 1 N–H and O–H groups in total. The highest BCUT2D eigenvalue weighted by Crippen LogP contribution is 2.28. The first kappa shape index (κ1) is 14.9. The number of carboxylic acids is 1. The van der Waals surface area contributed by atoms with E-state index in [-0.39, 0.29) is 11.5 Å². The molecule has 2 heterocycles. The number of carbonyl (C=O) groups is 1. The van der Waals surface area contributed by atoms with E-state index in [0.29, 0.717) is 17.4 Å². The highest BCUT2D eigenvalue weighted by Gasteiger charge is 2.19. The van der Waals surface area contributed by atoms with E-state index in [1.807, 2.05) is 18.9 Å². The number of nitrogens with zero attached hydrogens (tertiary/aromatic N) is 3. The van der Waals surface area contributed by atoms with Crippen molar-refractivity contribution in [3.8, 4) is 0 Å². The first-order chi connectivity index (χ1) is 9.52. The van der Waals surface area contributed by atoms with Crippen LogP contribution in [0.15, 0.2) is 5.51 Å². The normalized spacial score (nSPS) is 10.8. The minimum Gasteiger partial charge on any atom is -0.477 e. The smallest absolute Gasteiger partial charge is 0.347 e. The van der Waals surface area contributed by atoms with Crippen LogP contribution in [0.25, 0.3) is 0 Å². The summed E-state index contributed by atoms with van der Waals surface area (Å²) in [5.41, 5.74) is 3.26. The third-order valence-electron chi connectivity index (χ3n) is 2.71. The van der Waals surface area contributed by atoms with Crippen molar-refractivity contribution in [1.29, 1.82) is 0 Å². The fourth-order valence-corrected chi connectivity index (χ4v) is 3.36. The molecule has 0 aromatic carbocycles. The van der Waals surface area contributed by atoms with E-state index in [0.717, 1.165) is 21.9 Å². The van der Waals surface area contributed by atoms with Gasteiger partial charge in [-0.2, -0.15) is 0 Å². The van der Waals surface area contributed by atoms with Crippen LogP contribution in [0.4, 0.5) is 5.13 Å². The molecule has 0 aliphatic carbocycles. The zero-order chi connectivity index (χ0) is 14.7. The number of rotatable bonds is 6. The molecule has 2 aromatic rings. The van der Waals surface area contributed by atoms with Crippen molar-refractivity contribution >= 4 is 33.8 Å². The maximum Gasteiger partial charge on any atom is 0.347 e. The summed E-state index contributed by atoms with van der Waals surface area (Å²) < 4.78 is 4.99. The Kier molecular flexibility index (Phi) is 4.69. The number of anilines is 1. The Balaban J connectivity index is 2.21. The predicted molar refractivity (Wildman–Crippen MR) is 78.7 cm³/mol. The Hall–Kier alpha value is -1.51. The van der Waals surface area contributed by atoms with Gasteiger partial charge in [0.05, 0.1) is 30.1 Å². The molecule has 0 bridgehead atoms. The van der Waals surface area contributed by atoms with Crippen molar-refractivity contribution in [2.45, 2.75) is 20.1 Å². The summed E-state index contributed by atoms with van der Waals surface area (Å²) in [7, 11) is 3.41. The number of aryl methyl sites for hydroxylation is 1. The highest BCUT2D eigenvalue weighted by atomic mass is 32.1. The molecule has 0 saturated carbocycles. The summed E-state index contributed by atoms with van der Waals surface area (Å²) >= 11 is 2.75. The lowest BCUT2D eigenvalue weighted by molar-refractivity contribution is 0.0697. The first-order valence-electron chi connectivity index (χ1n) is 5.85. The van der Waals surface area contributed by atoms with E-state index in [1.165, 1.54) is 7.11 Å². The van der Waals surface area contributed by atoms with Crippen LogP contribution in [0, 0.1) is 6.92 Å². The lowest BCUT2D eigenvalue weighted by Crippen LogP contribution is -2.16. The van der Waals surface area contributed by atoms with Crippen LogP contribution in [0.2, 0.25) is 0 Å². The molecule has 8 heteroatoms. The highest BCUT2D eigenvalue weighted by molar-refractivity contribution is 7.17. The standard InChI is InChI=1S/C12H15N3O3S2/c1-7-9(19-6-13-7)4-15(2)12-14-8(5-18-3)10(20-12)11(16)17/h6H,4-5H2,1-3H3,(H,16,17). The zero-order valence-electron chi connectivity index (χ0n) is 11.4. The van der Waals surface area contributed by atoms with E-state index >= 15 is 0 Å². The second-order valence-corrected chi connectivity index (χ2v) is 6.14. The number of carboxylic acid groups (broad SMARTS) is 1. The summed E-state index contributed by atoms with van der Waals surface area (Å²) in [6, 6.07) is 0. The maximum atomic E-state index is 11.2. The van der Waals surface area contributed by atoms with Crippen molar-refractivity contribution in [3.63, 3.8) is 0 Å². The number of hydrogen-bond donors (Lipinski definition) is 1. The van der Waals surface area contributed by atoms with Crippen molar-refractivity contribution < 1.29 is 14.6 Å². The van der Waals surface area contributed by atoms with Crippen LogP contribution in [0.1, 0.15) is 25.9 Å². The van der Waals surface area contributed by atoms with E-state index in [9.17, 15) is 9.90 Å². The summed E-state index contributed by atoms with van der Waals surface area (Å²) in [5.74, 6) is -0.969. The molecular formula is C12H15N3O3S2. The van der Waals surface area contributed by atoms with Gasteiger partial charge < -0.3 is 14.7 Å². The van der Waals surface area contributed by atoms with Gasteiger partial charge in [0.1, 0.15) is 4.88 Å². The van der Waals surface area contributed by atoms with Gasteiger partial charge in [0.25, 0.3) is 0 Å². The summed E-state index contributed by atoms with van der Waals surface area (Å²) in [5, 5.41) is 9.85. The third-order valence-corrected chi connectivity index (χ3v) is 4.83.